The van der Waals surface area contributed by atoms with Crippen molar-refractivity contribution in [3.05, 3.63) is 0 Å². The molecule has 7 nitrogen and oxygen atoms in total. The molecule has 114 valence electrons. The van der Waals surface area contributed by atoms with Crippen LogP contribution in [0.25, 0.3) is 0 Å². The summed E-state index contributed by atoms with van der Waals surface area (Å²) in [6.07, 6.45) is 0.724. The number of rotatable bonds is 7. The van der Waals surface area contributed by atoms with Gasteiger partial charge in [-0.05, 0) is 25.7 Å². The highest BCUT2D eigenvalue weighted by Gasteiger charge is 2.32. The highest BCUT2D eigenvalue weighted by Crippen LogP contribution is 2.15. The highest BCUT2D eigenvalue weighted by molar-refractivity contribution is 5.87. The second kappa shape index (κ2) is 7.84. The first-order valence-electron chi connectivity index (χ1n) is 6.76. The molecule has 0 aliphatic carbocycles. The number of esters is 1. The highest BCUT2D eigenvalue weighted by atomic mass is 16.5. The number of carbonyl (C=O) groups is 3. The lowest BCUT2D eigenvalue weighted by molar-refractivity contribution is -0.148. The van der Waals surface area contributed by atoms with Crippen molar-refractivity contribution in [1.82, 2.24) is 5.32 Å². The number of hydrogen-bond donors (Lipinski definition) is 2. The molecule has 1 amide bonds. The van der Waals surface area contributed by atoms with E-state index in [0.29, 0.717) is 13.0 Å². The van der Waals surface area contributed by atoms with Gasteiger partial charge in [0.1, 0.15) is 12.1 Å². The Morgan fingerprint density at radius 1 is 1.45 bits per heavy atom. The van der Waals surface area contributed by atoms with E-state index in [-0.39, 0.29) is 13.0 Å². The molecule has 1 heterocycles. The normalized spacial score (nSPS) is 21.0. The molecule has 0 aromatic heterocycles. The first-order valence-corrected chi connectivity index (χ1v) is 6.76. The van der Waals surface area contributed by atoms with Crippen LogP contribution in [0.2, 0.25) is 0 Å². The number of carbonyl (C=O) groups excluding carboxylic acids is 2. The molecular weight excluding hydrogens is 266 g/mol. The van der Waals surface area contributed by atoms with Crippen LogP contribution in [0.3, 0.4) is 0 Å². The number of ether oxygens (including phenoxy) is 2. The SMILES string of the molecule is CCOC(=O)C[C@@H](C)[C@H](NC(=O)[C@@H]1CCCO1)C(=O)O. The second-order valence-corrected chi connectivity index (χ2v) is 4.81. The number of hydrogen-bond acceptors (Lipinski definition) is 5. The molecule has 1 aliphatic rings. The number of nitrogens with one attached hydrogen (secondary N) is 1. The maximum Gasteiger partial charge on any atom is 0.326 e. The molecule has 2 N–H and O–H groups in total. The number of aliphatic carboxylic acids is 1. The monoisotopic (exact) mass is 287 g/mol. The fourth-order valence-electron chi connectivity index (χ4n) is 2.08. The van der Waals surface area contributed by atoms with Gasteiger partial charge in [-0.2, -0.15) is 0 Å². The molecular formula is C13H21NO6. The summed E-state index contributed by atoms with van der Waals surface area (Å²) in [5.41, 5.74) is 0. The van der Waals surface area contributed by atoms with Crippen molar-refractivity contribution >= 4 is 17.8 Å². The van der Waals surface area contributed by atoms with Gasteiger partial charge in [0.25, 0.3) is 0 Å². The summed E-state index contributed by atoms with van der Waals surface area (Å²) in [7, 11) is 0. The van der Waals surface area contributed by atoms with Gasteiger partial charge in [0.05, 0.1) is 13.0 Å². The summed E-state index contributed by atoms with van der Waals surface area (Å²) in [5.74, 6) is -2.65. The van der Waals surface area contributed by atoms with Gasteiger partial charge in [0, 0.05) is 6.61 Å². The van der Waals surface area contributed by atoms with Gasteiger partial charge in [-0.25, -0.2) is 4.79 Å². The van der Waals surface area contributed by atoms with Crippen molar-refractivity contribution in [2.24, 2.45) is 5.92 Å². The van der Waals surface area contributed by atoms with E-state index in [1.54, 1.807) is 13.8 Å². The summed E-state index contributed by atoms with van der Waals surface area (Å²) >= 11 is 0. The van der Waals surface area contributed by atoms with E-state index >= 15 is 0 Å². The van der Waals surface area contributed by atoms with Gasteiger partial charge >= 0.3 is 11.9 Å². The van der Waals surface area contributed by atoms with Gasteiger partial charge in [-0.15, -0.1) is 0 Å². The standard InChI is InChI=1S/C13H21NO6/c1-3-19-10(15)7-8(2)11(13(17)18)14-12(16)9-5-4-6-20-9/h8-9,11H,3-7H2,1-2H3,(H,14,16)(H,17,18)/t8-,9+,11+/m1/s1. The van der Waals surface area contributed by atoms with Crippen LogP contribution in [0, 0.1) is 5.92 Å². The van der Waals surface area contributed by atoms with Crippen LogP contribution < -0.4 is 5.32 Å². The van der Waals surface area contributed by atoms with E-state index in [1.807, 2.05) is 0 Å². The zero-order valence-electron chi connectivity index (χ0n) is 11.8. The van der Waals surface area contributed by atoms with Crippen molar-refractivity contribution in [1.29, 1.82) is 0 Å². The van der Waals surface area contributed by atoms with Crippen molar-refractivity contribution in [3.63, 3.8) is 0 Å². The van der Waals surface area contributed by atoms with E-state index in [1.165, 1.54) is 0 Å². The van der Waals surface area contributed by atoms with Crippen LogP contribution in [0.1, 0.15) is 33.1 Å². The van der Waals surface area contributed by atoms with Crippen molar-refractivity contribution < 1.29 is 29.0 Å². The van der Waals surface area contributed by atoms with Crippen LogP contribution in [-0.4, -0.2) is 48.3 Å². The quantitative estimate of drug-likeness (QED) is 0.654. The van der Waals surface area contributed by atoms with E-state index in [2.05, 4.69) is 5.32 Å². The molecule has 1 rings (SSSR count). The molecule has 20 heavy (non-hydrogen) atoms. The second-order valence-electron chi connectivity index (χ2n) is 4.81. The average molecular weight is 287 g/mol. The van der Waals surface area contributed by atoms with E-state index in [9.17, 15) is 19.5 Å². The van der Waals surface area contributed by atoms with Crippen LogP contribution >= 0.6 is 0 Å². The maximum atomic E-state index is 11.9. The summed E-state index contributed by atoms with van der Waals surface area (Å²) in [4.78, 5) is 34.5. The molecule has 7 heteroatoms. The summed E-state index contributed by atoms with van der Waals surface area (Å²) in [6, 6.07) is -1.13. The third kappa shape index (κ3) is 4.80. The number of amides is 1. The summed E-state index contributed by atoms with van der Waals surface area (Å²) in [5, 5.41) is 11.6. The lowest BCUT2D eigenvalue weighted by Gasteiger charge is -2.22. The minimum Gasteiger partial charge on any atom is -0.480 e. The molecule has 0 radical (unpaired) electrons. The van der Waals surface area contributed by atoms with Crippen LogP contribution in [0.5, 0.6) is 0 Å². The summed E-state index contributed by atoms with van der Waals surface area (Å²) < 4.78 is 9.98. The molecule has 1 saturated heterocycles. The zero-order valence-corrected chi connectivity index (χ0v) is 11.8. The molecule has 0 bridgehead atoms. The third-order valence-electron chi connectivity index (χ3n) is 3.15. The predicted molar refractivity (Wildman–Crippen MR) is 69.0 cm³/mol. The van der Waals surface area contributed by atoms with Gasteiger partial charge in [0.2, 0.25) is 5.91 Å². The Kier molecular flexibility index (Phi) is 6.44. The molecule has 0 spiro atoms. The van der Waals surface area contributed by atoms with Gasteiger partial charge in [-0.3, -0.25) is 9.59 Å². The zero-order chi connectivity index (χ0) is 15.1. The first kappa shape index (κ1) is 16.4. The van der Waals surface area contributed by atoms with Gasteiger partial charge in [-0.1, -0.05) is 6.92 Å². The van der Waals surface area contributed by atoms with Gasteiger partial charge < -0.3 is 19.9 Å². The Morgan fingerprint density at radius 3 is 2.65 bits per heavy atom. The lowest BCUT2D eigenvalue weighted by atomic mass is 9.98. The Morgan fingerprint density at radius 2 is 2.15 bits per heavy atom. The van der Waals surface area contributed by atoms with Crippen LogP contribution in [-0.2, 0) is 23.9 Å². The minimum absolute atomic E-state index is 0.0589. The van der Waals surface area contributed by atoms with E-state index in [0.717, 1.165) is 6.42 Å². The van der Waals surface area contributed by atoms with Crippen LogP contribution in [0.15, 0.2) is 0 Å². The van der Waals surface area contributed by atoms with Crippen molar-refractivity contribution in [2.45, 2.75) is 45.3 Å². The molecule has 0 saturated carbocycles. The molecule has 0 unspecified atom stereocenters. The Labute approximate surface area is 117 Å². The van der Waals surface area contributed by atoms with Crippen molar-refractivity contribution in [3.8, 4) is 0 Å². The molecule has 1 aliphatic heterocycles. The Hall–Kier alpha value is -1.63. The van der Waals surface area contributed by atoms with Gasteiger partial charge in [0.15, 0.2) is 0 Å². The molecule has 0 aromatic carbocycles. The smallest absolute Gasteiger partial charge is 0.326 e. The Balaban J connectivity index is 2.56. The van der Waals surface area contributed by atoms with E-state index in [4.69, 9.17) is 9.47 Å². The first-order chi connectivity index (χ1) is 9.45. The van der Waals surface area contributed by atoms with Crippen molar-refractivity contribution in [2.75, 3.05) is 13.2 Å². The minimum atomic E-state index is -1.17. The molecule has 3 atom stereocenters. The molecule has 0 aromatic rings. The summed E-state index contributed by atoms with van der Waals surface area (Å²) in [6.45, 7) is 4.02. The number of carboxylic acid groups (broad SMARTS) is 1. The predicted octanol–water partition coefficient (Wildman–Crippen LogP) is 0.324. The average Bonchev–Trinajstić information content (AvgIpc) is 2.89. The topological polar surface area (TPSA) is 102 Å². The lowest BCUT2D eigenvalue weighted by Crippen LogP contribution is -2.49. The van der Waals surface area contributed by atoms with Crippen LogP contribution in [0.4, 0.5) is 0 Å². The third-order valence-corrected chi connectivity index (χ3v) is 3.15. The fraction of sp³-hybridized carbons (Fsp3) is 0.769. The maximum absolute atomic E-state index is 11.9. The molecule has 1 fully saturated rings. The van der Waals surface area contributed by atoms with E-state index < -0.39 is 35.9 Å². The largest absolute Gasteiger partial charge is 0.480 e. The fourth-order valence-corrected chi connectivity index (χ4v) is 2.08. The Bertz CT molecular complexity index is 364. The number of carboxylic acids is 1.